The van der Waals surface area contributed by atoms with Gasteiger partial charge in [-0.05, 0) is 13.8 Å². The summed E-state index contributed by atoms with van der Waals surface area (Å²) < 4.78 is 19.6. The van der Waals surface area contributed by atoms with E-state index in [9.17, 15) is 14.2 Å². The van der Waals surface area contributed by atoms with E-state index >= 15 is 0 Å². The zero-order chi connectivity index (χ0) is 14.9. The van der Waals surface area contributed by atoms with E-state index in [-0.39, 0.29) is 19.8 Å². The summed E-state index contributed by atoms with van der Waals surface area (Å²) in [6.07, 6.45) is -1.14. The molecule has 0 saturated carbocycles. The van der Waals surface area contributed by atoms with E-state index in [1.54, 1.807) is 13.8 Å². The van der Waals surface area contributed by atoms with E-state index in [4.69, 9.17) is 9.79 Å². The van der Waals surface area contributed by atoms with Crippen LogP contribution in [0.4, 0.5) is 9.59 Å². The van der Waals surface area contributed by atoms with E-state index in [1.165, 1.54) is 0 Å². The van der Waals surface area contributed by atoms with Gasteiger partial charge in [0.05, 0.1) is 19.8 Å². The van der Waals surface area contributed by atoms with Crippen molar-refractivity contribution in [3.63, 3.8) is 0 Å². The number of nitrogens with zero attached hydrogens (tertiary/aromatic N) is 1. The highest BCUT2D eigenvalue weighted by Gasteiger charge is 2.20. The van der Waals surface area contributed by atoms with E-state index in [2.05, 4.69) is 14.3 Å². The predicted octanol–water partition coefficient (Wildman–Crippen LogP) is 1.22. The van der Waals surface area contributed by atoms with Crippen LogP contribution in [0, 0.1) is 0 Å². The molecule has 0 spiro atoms. The van der Waals surface area contributed by atoms with Crippen molar-refractivity contribution in [2.24, 2.45) is 0 Å². The first-order chi connectivity index (χ1) is 8.80. The molecule has 0 atom stereocenters. The molecule has 0 heterocycles. The molecular formula is C9H16NO8P. The van der Waals surface area contributed by atoms with Crippen LogP contribution in [0.1, 0.15) is 13.8 Å². The highest BCUT2D eigenvalue weighted by atomic mass is 31.2. The Bertz CT molecular complexity index is 376. The Labute approximate surface area is 109 Å². The van der Waals surface area contributed by atoms with Gasteiger partial charge >= 0.3 is 19.8 Å². The van der Waals surface area contributed by atoms with Gasteiger partial charge in [-0.3, -0.25) is 9.40 Å². The highest BCUT2D eigenvalue weighted by Crippen LogP contribution is 2.35. The van der Waals surface area contributed by atoms with Crippen LogP contribution < -0.4 is 0 Å². The molecule has 2 N–H and O–H groups in total. The first kappa shape index (κ1) is 17.4. The van der Waals surface area contributed by atoms with Crippen molar-refractivity contribution in [2.45, 2.75) is 13.8 Å². The average Bonchev–Trinajstić information content (AvgIpc) is 2.26. The lowest BCUT2D eigenvalue weighted by Gasteiger charge is -2.18. The Kier molecular flexibility index (Phi) is 7.81. The van der Waals surface area contributed by atoms with E-state index in [0.717, 1.165) is 6.08 Å². The molecule has 0 aliphatic rings. The van der Waals surface area contributed by atoms with Gasteiger partial charge in [-0.25, -0.2) is 9.59 Å². The topological polar surface area (TPSA) is 123 Å². The third-order valence-corrected chi connectivity index (χ3v) is 2.09. The van der Waals surface area contributed by atoms with Gasteiger partial charge in [0.15, 0.2) is 0 Å². The molecule has 0 aliphatic heterocycles. The molecule has 0 radical (unpaired) electrons. The van der Waals surface area contributed by atoms with E-state index < -0.39 is 19.8 Å². The molecule has 0 aliphatic carbocycles. The number of carbonyl (C=O) groups is 2. The summed E-state index contributed by atoms with van der Waals surface area (Å²) in [7, 11) is -4.35. The fourth-order valence-electron chi connectivity index (χ4n) is 0.859. The molecule has 0 unspecified atom stereocenters. The Morgan fingerprint density at radius 2 is 1.79 bits per heavy atom. The predicted molar refractivity (Wildman–Crippen MR) is 63.0 cm³/mol. The summed E-state index contributed by atoms with van der Waals surface area (Å²) in [5.74, 6) is 0.577. The molecular weight excluding hydrogens is 281 g/mol. The lowest BCUT2D eigenvalue weighted by atomic mass is 10.6. The molecule has 0 aromatic rings. The summed E-state index contributed by atoms with van der Waals surface area (Å²) in [6.45, 7) is 2.80. The number of ether oxygens (including phenoxy) is 2. The molecule has 19 heavy (non-hydrogen) atoms. The van der Waals surface area contributed by atoms with E-state index in [1.807, 2.05) is 0 Å². The van der Waals surface area contributed by atoms with Crippen LogP contribution in [0.15, 0.2) is 11.9 Å². The number of carbonyl (C=O) groups excluding carboxylic acids is 2. The fraction of sp³-hybridized carbons (Fsp3) is 0.556. The van der Waals surface area contributed by atoms with Gasteiger partial charge < -0.3 is 19.3 Å². The minimum absolute atomic E-state index is 0.0454. The Morgan fingerprint density at radius 1 is 1.21 bits per heavy atom. The first-order valence-corrected chi connectivity index (χ1v) is 7.00. The van der Waals surface area contributed by atoms with Crippen LogP contribution in [-0.2, 0) is 18.9 Å². The second kappa shape index (κ2) is 8.52. The Hall–Kier alpha value is -1.57. The van der Waals surface area contributed by atoms with Crippen LogP contribution in [0.5, 0.6) is 0 Å². The summed E-state index contributed by atoms with van der Waals surface area (Å²) in [5.41, 5.74) is 0. The lowest BCUT2D eigenvalue weighted by molar-refractivity contribution is -0.103. The van der Waals surface area contributed by atoms with Crippen LogP contribution in [-0.4, -0.2) is 46.9 Å². The zero-order valence-corrected chi connectivity index (χ0v) is 11.4. The summed E-state index contributed by atoms with van der Waals surface area (Å²) in [4.78, 5) is 44.1. The SMILES string of the molecule is CCOC(=O)ON(C/C=C/P(=O)(O)O)C(=O)OCC. The van der Waals surface area contributed by atoms with E-state index in [0.29, 0.717) is 10.9 Å². The number of amides is 1. The van der Waals surface area contributed by atoms with Crippen molar-refractivity contribution in [3.8, 4) is 0 Å². The van der Waals surface area contributed by atoms with Gasteiger partial charge in [-0.15, -0.1) is 5.06 Å². The van der Waals surface area contributed by atoms with Gasteiger partial charge in [-0.1, -0.05) is 6.08 Å². The molecule has 0 aromatic carbocycles. The van der Waals surface area contributed by atoms with Crippen molar-refractivity contribution in [1.29, 1.82) is 0 Å². The average molecular weight is 297 g/mol. The third kappa shape index (κ3) is 9.06. The molecule has 0 saturated heterocycles. The molecule has 110 valence electrons. The van der Waals surface area contributed by atoms with Crippen LogP contribution in [0.25, 0.3) is 0 Å². The minimum Gasteiger partial charge on any atom is -0.448 e. The Balaban J connectivity index is 4.59. The molecule has 0 rings (SSSR count). The van der Waals surface area contributed by atoms with Crippen molar-refractivity contribution in [3.05, 3.63) is 11.9 Å². The van der Waals surface area contributed by atoms with Gasteiger partial charge in [0.1, 0.15) is 0 Å². The van der Waals surface area contributed by atoms with Crippen molar-refractivity contribution >= 4 is 19.8 Å². The van der Waals surface area contributed by atoms with Crippen LogP contribution >= 0.6 is 7.60 Å². The van der Waals surface area contributed by atoms with Gasteiger partial charge in [0, 0.05) is 5.82 Å². The maximum absolute atomic E-state index is 11.4. The largest absolute Gasteiger partial charge is 0.533 e. The molecule has 0 aromatic heterocycles. The number of hydrogen-bond donors (Lipinski definition) is 2. The molecule has 0 bridgehead atoms. The minimum atomic E-state index is -4.35. The van der Waals surface area contributed by atoms with Crippen molar-refractivity contribution < 1.29 is 38.3 Å². The monoisotopic (exact) mass is 297 g/mol. The standard InChI is InChI=1S/C9H16NO8P/c1-3-16-8(11)10(18-9(12)17-4-2)6-5-7-19(13,14)15/h5,7H,3-4,6H2,1-2H3,(H2,13,14,15)/b7-5+. The van der Waals surface area contributed by atoms with Gasteiger partial charge in [-0.2, -0.15) is 0 Å². The molecule has 0 fully saturated rings. The fourth-order valence-corrected chi connectivity index (χ4v) is 1.23. The number of hydroxylamine groups is 2. The normalized spacial score (nSPS) is 11.2. The first-order valence-electron chi connectivity index (χ1n) is 5.32. The summed E-state index contributed by atoms with van der Waals surface area (Å²) in [6, 6.07) is 0. The number of hydrogen-bond acceptors (Lipinski definition) is 6. The maximum Gasteiger partial charge on any atom is 0.533 e. The summed E-state index contributed by atoms with van der Waals surface area (Å²) in [5, 5.41) is 0.480. The second-order valence-corrected chi connectivity index (χ2v) is 4.48. The van der Waals surface area contributed by atoms with Crippen molar-refractivity contribution in [1.82, 2.24) is 5.06 Å². The summed E-state index contributed by atoms with van der Waals surface area (Å²) >= 11 is 0. The van der Waals surface area contributed by atoms with Crippen LogP contribution in [0.3, 0.4) is 0 Å². The van der Waals surface area contributed by atoms with Gasteiger partial charge in [0.2, 0.25) is 0 Å². The van der Waals surface area contributed by atoms with Gasteiger partial charge in [0.25, 0.3) is 0 Å². The maximum atomic E-state index is 11.4. The third-order valence-electron chi connectivity index (χ3n) is 1.49. The highest BCUT2D eigenvalue weighted by molar-refractivity contribution is 7.55. The zero-order valence-electron chi connectivity index (χ0n) is 10.5. The molecule has 10 heteroatoms. The van der Waals surface area contributed by atoms with Crippen LogP contribution in [0.2, 0.25) is 0 Å². The quantitative estimate of drug-likeness (QED) is 0.441. The molecule has 1 amide bonds. The number of rotatable bonds is 5. The second-order valence-electron chi connectivity index (χ2n) is 3.01. The molecule has 9 nitrogen and oxygen atoms in total. The Morgan fingerprint density at radius 3 is 2.26 bits per heavy atom. The smallest absolute Gasteiger partial charge is 0.448 e. The van der Waals surface area contributed by atoms with Crippen molar-refractivity contribution in [2.75, 3.05) is 19.8 Å². The lowest BCUT2D eigenvalue weighted by Crippen LogP contribution is -2.34.